The lowest BCUT2D eigenvalue weighted by molar-refractivity contribution is 0.0687. The zero-order valence-electron chi connectivity index (χ0n) is 44.7. The molecule has 0 fully saturated rings. The number of fused-ring (bicyclic) bond motifs is 4. The molecule has 0 aliphatic heterocycles. The number of nitrogens with one attached hydrogen (secondary N) is 3. The Morgan fingerprint density at radius 1 is 0.405 bits per heavy atom. The zero-order chi connectivity index (χ0) is 59.0. The van der Waals surface area contributed by atoms with E-state index < -0.39 is 21.2 Å². The van der Waals surface area contributed by atoms with Crippen molar-refractivity contribution < 1.29 is 33.9 Å². The molecule has 12 aromatic carbocycles. The third kappa shape index (κ3) is 14.2. The molecule has 0 aliphatic rings. The molecule has 12 aromatic rings. The van der Waals surface area contributed by atoms with Crippen LogP contribution >= 0.6 is 21.4 Å². The molecule has 84 heavy (non-hydrogen) atoms. The lowest BCUT2D eigenvalue weighted by Crippen LogP contribution is -2.15. The van der Waals surface area contributed by atoms with Gasteiger partial charge in [-0.3, -0.25) is 4.79 Å². The number of benzene rings is 12. The first kappa shape index (κ1) is 58.3. The number of hydrogen-bond donors (Lipinski definition) is 7. The second kappa shape index (κ2) is 27.9. The lowest BCUT2D eigenvalue weighted by Gasteiger charge is -2.18. The molecule has 416 valence electrons. The van der Waals surface area contributed by atoms with Gasteiger partial charge in [-0.05, 0) is 115 Å². The Morgan fingerprint density at radius 2 is 0.738 bits per heavy atom. The molecular weight excluding hydrogens is 1110 g/mol. The number of halogens is 2. The van der Waals surface area contributed by atoms with Gasteiger partial charge in [0.15, 0.2) is 0 Å². The van der Waals surface area contributed by atoms with E-state index in [0.29, 0.717) is 50.5 Å². The minimum absolute atomic E-state index is 0.0997. The van der Waals surface area contributed by atoms with Crippen LogP contribution in [-0.4, -0.2) is 43.3 Å². The molecular formula is C69H53Cl2N5O7S. The molecule has 0 atom stereocenters. The van der Waals surface area contributed by atoms with Crippen LogP contribution in [-0.2, 0) is 15.6 Å². The number of carbonyl (C=O) groups excluding carboxylic acids is 1. The summed E-state index contributed by atoms with van der Waals surface area (Å²) in [6.45, 7) is 0. The number of rotatable bonds is 12. The van der Waals surface area contributed by atoms with Crippen LogP contribution in [0.5, 0.6) is 0 Å². The summed E-state index contributed by atoms with van der Waals surface area (Å²) in [5.74, 6) is -2.47. The van der Waals surface area contributed by atoms with Crippen LogP contribution in [0.4, 0.5) is 39.8 Å². The number of aliphatic hydroxyl groups is 1. The monoisotopic (exact) mass is 1170 g/mol. The van der Waals surface area contributed by atoms with E-state index in [-0.39, 0.29) is 22.9 Å². The number of aromatic carboxylic acids is 2. The zero-order valence-corrected chi connectivity index (χ0v) is 47.0. The highest BCUT2D eigenvalue weighted by Crippen LogP contribution is 2.37. The van der Waals surface area contributed by atoms with Crippen LogP contribution in [0.1, 0.15) is 47.8 Å². The van der Waals surface area contributed by atoms with Gasteiger partial charge in [-0.1, -0.05) is 206 Å². The molecule has 0 saturated heterocycles. The van der Waals surface area contributed by atoms with E-state index in [4.69, 9.17) is 14.9 Å². The number of aliphatic imine (C=N–C) groups is 1. The van der Waals surface area contributed by atoms with Crippen LogP contribution in [0.15, 0.2) is 266 Å². The predicted molar refractivity (Wildman–Crippen MR) is 346 cm³/mol. The van der Waals surface area contributed by atoms with Gasteiger partial charge < -0.3 is 37.0 Å². The Labute approximate surface area is 495 Å². The molecule has 0 heterocycles. The third-order valence-electron chi connectivity index (χ3n) is 13.4. The SMILES string of the molecule is Nc1ccccc1Nc1ccccc1.O=C(Nc1ccccc1Nc1ccccc1)c1c2ccccc2c(C(O)=Nc2ccccc2Cc2ccccc2)c2ccccc12.O=C(O)c1c2ccccc2c(C(=O)O)c2ccccc12.O=S(Cl)Cl. The molecule has 0 bridgehead atoms. The van der Waals surface area contributed by atoms with Crippen molar-refractivity contribution in [3.05, 3.63) is 294 Å². The number of carboxylic acid groups (broad SMARTS) is 2. The molecule has 0 radical (unpaired) electrons. The van der Waals surface area contributed by atoms with Crippen molar-refractivity contribution in [2.24, 2.45) is 4.99 Å². The summed E-state index contributed by atoms with van der Waals surface area (Å²) < 4.78 is 9.09. The van der Waals surface area contributed by atoms with E-state index >= 15 is 0 Å². The van der Waals surface area contributed by atoms with Crippen molar-refractivity contribution in [3.63, 3.8) is 0 Å². The number of carbonyl (C=O) groups is 3. The van der Waals surface area contributed by atoms with Crippen molar-refractivity contribution in [2.45, 2.75) is 6.42 Å². The van der Waals surface area contributed by atoms with Gasteiger partial charge in [-0.25, -0.2) is 18.8 Å². The normalized spacial score (nSPS) is 10.9. The number of nitrogens with two attached hydrogens (primary N) is 1. The topological polar surface area (TPSA) is 203 Å². The van der Waals surface area contributed by atoms with Gasteiger partial charge in [0.25, 0.3) is 5.91 Å². The number of anilines is 6. The average molecular weight is 1170 g/mol. The van der Waals surface area contributed by atoms with Crippen LogP contribution < -0.4 is 21.7 Å². The van der Waals surface area contributed by atoms with E-state index in [1.807, 2.05) is 200 Å². The molecule has 0 aromatic heterocycles. The first-order valence-electron chi connectivity index (χ1n) is 26.2. The number of para-hydroxylation sites is 7. The summed E-state index contributed by atoms with van der Waals surface area (Å²) in [5, 5.41) is 45.2. The van der Waals surface area contributed by atoms with Gasteiger partial charge in [-0.15, -0.1) is 0 Å². The van der Waals surface area contributed by atoms with Crippen LogP contribution in [0, 0.1) is 0 Å². The molecule has 1 amide bonds. The molecule has 0 unspecified atom stereocenters. The van der Waals surface area contributed by atoms with Gasteiger partial charge in [0.05, 0.1) is 50.7 Å². The smallest absolute Gasteiger partial charge is 0.336 e. The number of amides is 1. The van der Waals surface area contributed by atoms with Crippen LogP contribution in [0.2, 0.25) is 0 Å². The van der Waals surface area contributed by atoms with Crippen molar-refractivity contribution in [1.29, 1.82) is 0 Å². The highest BCUT2D eigenvalue weighted by Gasteiger charge is 2.23. The second-order valence-corrected chi connectivity index (χ2v) is 21.3. The van der Waals surface area contributed by atoms with Crippen molar-refractivity contribution >= 4 is 137 Å². The summed E-state index contributed by atoms with van der Waals surface area (Å²) in [6.07, 6.45) is 0.689. The van der Waals surface area contributed by atoms with Gasteiger partial charge in [-0.2, -0.15) is 0 Å². The molecule has 12 rings (SSSR count). The highest BCUT2D eigenvalue weighted by molar-refractivity contribution is 8.26. The largest absolute Gasteiger partial charge is 0.493 e. The third-order valence-corrected chi connectivity index (χ3v) is 13.4. The molecule has 15 heteroatoms. The fourth-order valence-electron chi connectivity index (χ4n) is 9.81. The summed E-state index contributed by atoms with van der Waals surface area (Å²) in [7, 11) is 7.36. The summed E-state index contributed by atoms with van der Waals surface area (Å²) >= 11 is 0. The van der Waals surface area contributed by atoms with Crippen LogP contribution in [0.25, 0.3) is 43.1 Å². The van der Waals surface area contributed by atoms with E-state index in [2.05, 4.69) is 49.4 Å². The summed E-state index contributed by atoms with van der Waals surface area (Å²) in [5.41, 5.74) is 15.2. The van der Waals surface area contributed by atoms with Gasteiger partial charge >= 0.3 is 11.9 Å². The fraction of sp³-hybridized carbons (Fsp3) is 0.0145. The van der Waals surface area contributed by atoms with Gasteiger partial charge in [0.1, 0.15) is 0 Å². The van der Waals surface area contributed by atoms with E-state index in [1.54, 1.807) is 48.5 Å². The number of nitrogens with zero attached hydrogens (tertiary/aromatic N) is 1. The summed E-state index contributed by atoms with van der Waals surface area (Å²) in [4.78, 5) is 42.1. The first-order chi connectivity index (χ1) is 40.9. The van der Waals surface area contributed by atoms with Crippen molar-refractivity contribution in [2.75, 3.05) is 21.7 Å². The minimum atomic E-state index is -1.67. The molecule has 0 spiro atoms. The predicted octanol–water partition coefficient (Wildman–Crippen LogP) is 17.7. The van der Waals surface area contributed by atoms with Gasteiger partial charge in [0, 0.05) is 32.7 Å². The molecule has 12 nitrogen and oxygen atoms in total. The maximum Gasteiger partial charge on any atom is 0.336 e. The van der Waals surface area contributed by atoms with Gasteiger partial charge in [0.2, 0.25) is 15.1 Å². The second-order valence-electron chi connectivity index (χ2n) is 18.8. The number of carboxylic acids is 2. The average Bonchev–Trinajstić information content (AvgIpc) is 1.55. The Balaban J connectivity index is 0.000000181. The quantitative estimate of drug-likeness (QED) is 0.0203. The lowest BCUT2D eigenvalue weighted by atomic mass is 9.91. The fourth-order valence-corrected chi connectivity index (χ4v) is 9.81. The number of nitrogen functional groups attached to an aromatic ring is 1. The Bertz CT molecular complexity index is 4190. The Kier molecular flexibility index (Phi) is 19.4. The summed E-state index contributed by atoms with van der Waals surface area (Å²) in [6, 6.07) is 82.0. The standard InChI is InChI=1S/C41H31N3O2.C16H10O4.C12H12N2.Cl2OS/c45-40(43-35-24-12-7-17-29(35)27-28-15-3-1-4-16-28)38-31-20-8-10-22-33(31)39(34-23-11-9-21-32(34)38)41(46)44-37-26-14-13-25-36(37)42-30-18-5-2-6-19-30;17-15(18)13-9-5-1-2-6-10(9)14(16(19)20)12-8-4-3-7-11(12)13;13-11-8-4-5-9-12(11)14-10-6-2-1-3-7-10;1-4(2)3/h1-26,42H,27H2,(H,43,45)(H,44,46);1-8H,(H,17,18)(H,19,20);1-9,14H,13H2;. The van der Waals surface area contributed by atoms with Crippen LogP contribution in [0.3, 0.4) is 0 Å². The molecule has 8 N–H and O–H groups in total. The number of aliphatic hydroxyl groups excluding tert-OH is 1. The van der Waals surface area contributed by atoms with E-state index in [0.717, 1.165) is 61.1 Å². The number of hydrogen-bond acceptors (Lipinski definition) is 8. The van der Waals surface area contributed by atoms with Crippen molar-refractivity contribution in [3.8, 4) is 0 Å². The van der Waals surface area contributed by atoms with E-state index in [1.165, 1.54) is 0 Å². The first-order valence-corrected chi connectivity index (χ1v) is 29.0. The maximum atomic E-state index is 14.2. The highest BCUT2D eigenvalue weighted by atomic mass is 36.0. The Hall–Kier alpha value is -10.3. The van der Waals surface area contributed by atoms with E-state index in [9.17, 15) is 29.7 Å². The maximum absolute atomic E-state index is 14.2. The minimum Gasteiger partial charge on any atom is -0.493 e. The molecule has 0 saturated carbocycles. The van der Waals surface area contributed by atoms with Crippen molar-refractivity contribution in [1.82, 2.24) is 0 Å². The molecule has 0 aliphatic carbocycles. The Morgan fingerprint density at radius 3 is 1.18 bits per heavy atom.